The van der Waals surface area contributed by atoms with Crippen LogP contribution in [0, 0.1) is 11.6 Å². The number of rotatable bonds is 4. The molecule has 1 amide bonds. The van der Waals surface area contributed by atoms with E-state index in [0.717, 1.165) is 36.6 Å². The Morgan fingerprint density at radius 3 is 2.96 bits per heavy atom. The second kappa shape index (κ2) is 7.18. The highest BCUT2D eigenvalue weighted by atomic mass is 19.1. The Balaban J connectivity index is 1.51. The third kappa shape index (κ3) is 3.53. The Morgan fingerprint density at radius 2 is 2.15 bits per heavy atom. The number of hydrogen-bond donors (Lipinski definition) is 0. The van der Waals surface area contributed by atoms with Gasteiger partial charge in [0, 0.05) is 24.5 Å². The van der Waals surface area contributed by atoms with Gasteiger partial charge < -0.3 is 4.90 Å². The third-order valence-electron chi connectivity index (χ3n) is 4.54. The Bertz CT molecular complexity index is 961. The van der Waals surface area contributed by atoms with Crippen LogP contribution in [0.2, 0.25) is 0 Å². The highest BCUT2D eigenvalue weighted by Gasteiger charge is 2.31. The van der Waals surface area contributed by atoms with Crippen LogP contribution in [-0.2, 0) is 6.54 Å². The first-order chi connectivity index (χ1) is 13.1. The standard InChI is InChI=1S/C18H16F2N6O/c19-13-5-6-16(20)15(9-13)18(27)25-8-2-4-14(25)11-26-23-17(22-24-26)12-3-1-7-21-10-12/h1,3,5-7,9-10,14H,2,4,8,11H2/t14-/m0/s1. The zero-order valence-electron chi connectivity index (χ0n) is 14.3. The molecule has 1 atom stereocenters. The van der Waals surface area contributed by atoms with E-state index in [2.05, 4.69) is 20.4 Å². The van der Waals surface area contributed by atoms with Gasteiger partial charge in [0.2, 0.25) is 5.82 Å². The van der Waals surface area contributed by atoms with E-state index < -0.39 is 17.5 Å². The van der Waals surface area contributed by atoms with Crippen molar-refractivity contribution in [2.75, 3.05) is 6.54 Å². The van der Waals surface area contributed by atoms with Crippen LogP contribution in [0.5, 0.6) is 0 Å². The zero-order valence-corrected chi connectivity index (χ0v) is 14.3. The average Bonchev–Trinajstić information content (AvgIpc) is 3.34. The van der Waals surface area contributed by atoms with Gasteiger partial charge in [-0.3, -0.25) is 9.78 Å². The normalized spacial score (nSPS) is 16.7. The van der Waals surface area contributed by atoms with Crippen LogP contribution in [0.25, 0.3) is 11.4 Å². The molecule has 27 heavy (non-hydrogen) atoms. The lowest BCUT2D eigenvalue weighted by atomic mass is 10.1. The Hall–Kier alpha value is -3.23. The number of nitrogens with zero attached hydrogens (tertiary/aromatic N) is 6. The highest BCUT2D eigenvalue weighted by molar-refractivity contribution is 5.94. The fourth-order valence-corrected chi connectivity index (χ4v) is 3.23. The largest absolute Gasteiger partial charge is 0.334 e. The molecule has 0 bridgehead atoms. The lowest BCUT2D eigenvalue weighted by molar-refractivity contribution is 0.0712. The molecule has 1 aliphatic heterocycles. The number of amides is 1. The predicted molar refractivity (Wildman–Crippen MR) is 91.5 cm³/mol. The van der Waals surface area contributed by atoms with Gasteiger partial charge in [-0.1, -0.05) is 0 Å². The summed E-state index contributed by atoms with van der Waals surface area (Å²) in [7, 11) is 0. The average molecular weight is 370 g/mol. The van der Waals surface area contributed by atoms with E-state index in [4.69, 9.17) is 0 Å². The highest BCUT2D eigenvalue weighted by Crippen LogP contribution is 2.23. The van der Waals surface area contributed by atoms with Crippen molar-refractivity contribution in [3.05, 3.63) is 59.9 Å². The minimum atomic E-state index is -0.732. The maximum Gasteiger partial charge on any atom is 0.257 e. The summed E-state index contributed by atoms with van der Waals surface area (Å²) < 4.78 is 27.4. The van der Waals surface area contributed by atoms with Gasteiger partial charge in [0.05, 0.1) is 18.2 Å². The number of tetrazole rings is 1. The van der Waals surface area contributed by atoms with Gasteiger partial charge in [0.15, 0.2) is 0 Å². The number of carbonyl (C=O) groups excluding carboxylic acids is 1. The lowest BCUT2D eigenvalue weighted by Crippen LogP contribution is -2.39. The molecule has 138 valence electrons. The molecule has 0 saturated carbocycles. The monoisotopic (exact) mass is 370 g/mol. The van der Waals surface area contributed by atoms with Crippen molar-refractivity contribution in [2.45, 2.75) is 25.4 Å². The SMILES string of the molecule is O=C(c1cc(F)ccc1F)N1CCC[C@H]1Cn1nnc(-c2cccnc2)n1. The van der Waals surface area contributed by atoms with Crippen molar-refractivity contribution in [3.63, 3.8) is 0 Å². The first-order valence-electron chi connectivity index (χ1n) is 8.56. The number of hydrogen-bond acceptors (Lipinski definition) is 5. The molecule has 2 aromatic heterocycles. The van der Waals surface area contributed by atoms with Crippen molar-refractivity contribution in [2.24, 2.45) is 0 Å². The molecule has 9 heteroatoms. The van der Waals surface area contributed by atoms with Gasteiger partial charge >= 0.3 is 0 Å². The number of pyridine rings is 1. The molecule has 0 aliphatic carbocycles. The summed E-state index contributed by atoms with van der Waals surface area (Å²) in [6, 6.07) is 6.28. The number of halogens is 2. The van der Waals surface area contributed by atoms with Gasteiger partial charge in [-0.25, -0.2) is 8.78 Å². The van der Waals surface area contributed by atoms with Crippen LogP contribution in [-0.4, -0.2) is 48.6 Å². The molecule has 3 heterocycles. The molecule has 1 fully saturated rings. The van der Waals surface area contributed by atoms with E-state index in [1.165, 1.54) is 4.80 Å². The Morgan fingerprint density at radius 1 is 1.26 bits per heavy atom. The Labute approximate surface area is 153 Å². The maximum absolute atomic E-state index is 14.0. The number of carbonyl (C=O) groups is 1. The van der Waals surface area contributed by atoms with Crippen LogP contribution in [0.15, 0.2) is 42.7 Å². The summed E-state index contributed by atoms with van der Waals surface area (Å²) in [5, 5.41) is 12.4. The quantitative estimate of drug-likeness (QED) is 0.704. The smallest absolute Gasteiger partial charge is 0.257 e. The fraction of sp³-hybridized carbons (Fsp3) is 0.278. The number of likely N-dealkylation sites (tertiary alicyclic amines) is 1. The molecular formula is C18H16F2N6O. The fourth-order valence-electron chi connectivity index (χ4n) is 3.23. The van der Waals surface area contributed by atoms with E-state index >= 15 is 0 Å². The van der Waals surface area contributed by atoms with Gasteiger partial charge in [-0.05, 0) is 48.4 Å². The van der Waals surface area contributed by atoms with Crippen LogP contribution in [0.3, 0.4) is 0 Å². The molecule has 0 radical (unpaired) electrons. The molecule has 1 saturated heterocycles. The summed E-state index contributed by atoms with van der Waals surface area (Å²) in [6.07, 6.45) is 4.80. The van der Waals surface area contributed by atoms with E-state index in [1.54, 1.807) is 23.4 Å². The summed E-state index contributed by atoms with van der Waals surface area (Å²) in [5.74, 6) is -1.46. The molecular weight excluding hydrogens is 354 g/mol. The van der Waals surface area contributed by atoms with E-state index in [-0.39, 0.29) is 11.6 Å². The summed E-state index contributed by atoms with van der Waals surface area (Å²) in [6.45, 7) is 0.805. The zero-order chi connectivity index (χ0) is 18.8. The van der Waals surface area contributed by atoms with E-state index in [9.17, 15) is 13.6 Å². The van der Waals surface area contributed by atoms with E-state index in [1.807, 2.05) is 6.07 Å². The van der Waals surface area contributed by atoms with Crippen molar-refractivity contribution >= 4 is 5.91 Å². The molecule has 3 aromatic rings. The predicted octanol–water partition coefficient (Wildman–Crippen LogP) is 2.32. The van der Waals surface area contributed by atoms with Crippen molar-refractivity contribution in [1.82, 2.24) is 30.1 Å². The van der Waals surface area contributed by atoms with Crippen molar-refractivity contribution in [1.29, 1.82) is 0 Å². The van der Waals surface area contributed by atoms with E-state index in [0.29, 0.717) is 18.9 Å². The topological polar surface area (TPSA) is 76.8 Å². The lowest BCUT2D eigenvalue weighted by Gasteiger charge is -2.24. The van der Waals surface area contributed by atoms with Crippen LogP contribution < -0.4 is 0 Å². The number of aromatic nitrogens is 5. The minimum Gasteiger partial charge on any atom is -0.334 e. The summed E-state index contributed by atoms with van der Waals surface area (Å²) >= 11 is 0. The van der Waals surface area contributed by atoms with Crippen LogP contribution in [0.4, 0.5) is 8.78 Å². The molecule has 4 rings (SSSR count). The van der Waals surface area contributed by atoms with Gasteiger partial charge in [0.1, 0.15) is 11.6 Å². The molecule has 0 unspecified atom stereocenters. The second-order valence-electron chi connectivity index (χ2n) is 6.33. The molecule has 7 nitrogen and oxygen atoms in total. The first kappa shape index (κ1) is 17.2. The first-order valence-corrected chi connectivity index (χ1v) is 8.56. The number of benzene rings is 1. The summed E-state index contributed by atoms with van der Waals surface area (Å²) in [4.78, 5) is 19.7. The molecule has 1 aromatic carbocycles. The van der Waals surface area contributed by atoms with Crippen LogP contribution >= 0.6 is 0 Å². The minimum absolute atomic E-state index is 0.212. The Kier molecular flexibility index (Phi) is 4.57. The third-order valence-corrected chi connectivity index (χ3v) is 4.54. The van der Waals surface area contributed by atoms with Crippen LogP contribution in [0.1, 0.15) is 23.2 Å². The maximum atomic E-state index is 14.0. The van der Waals surface area contributed by atoms with Gasteiger partial charge in [-0.15, -0.1) is 10.2 Å². The second-order valence-corrected chi connectivity index (χ2v) is 6.33. The molecule has 1 aliphatic rings. The van der Waals surface area contributed by atoms with Gasteiger partial charge in [-0.2, -0.15) is 4.80 Å². The van der Waals surface area contributed by atoms with Crippen molar-refractivity contribution in [3.8, 4) is 11.4 Å². The molecule has 0 spiro atoms. The summed E-state index contributed by atoms with van der Waals surface area (Å²) in [5.41, 5.74) is 0.481. The van der Waals surface area contributed by atoms with Gasteiger partial charge in [0.25, 0.3) is 5.91 Å². The molecule has 0 N–H and O–H groups in total. The van der Waals surface area contributed by atoms with Crippen molar-refractivity contribution < 1.29 is 13.6 Å².